The summed E-state index contributed by atoms with van der Waals surface area (Å²) in [4.78, 5) is 18.7. The number of carbonyl (C=O) groups excluding carboxylic acids is 1. The molecule has 2 aromatic rings. The molecule has 0 saturated carbocycles. The molecule has 0 unspecified atom stereocenters. The summed E-state index contributed by atoms with van der Waals surface area (Å²) in [5.41, 5.74) is 1.41. The predicted molar refractivity (Wildman–Crippen MR) is 97.9 cm³/mol. The van der Waals surface area contributed by atoms with Gasteiger partial charge in [-0.05, 0) is 30.5 Å². The molecule has 1 amide bonds. The highest BCUT2D eigenvalue weighted by molar-refractivity contribution is 7.98. The number of aromatic nitrogens is 1. The summed E-state index contributed by atoms with van der Waals surface area (Å²) in [6.45, 7) is 0.366. The zero-order chi connectivity index (χ0) is 18.4. The van der Waals surface area contributed by atoms with Crippen molar-refractivity contribution in [3.8, 4) is 17.2 Å². The second-order valence-corrected chi connectivity index (χ2v) is 6.01. The molecule has 0 atom stereocenters. The van der Waals surface area contributed by atoms with Crippen LogP contribution in [0, 0.1) is 0 Å². The van der Waals surface area contributed by atoms with Crippen LogP contribution in [0.4, 0.5) is 0 Å². The van der Waals surface area contributed by atoms with Gasteiger partial charge in [-0.3, -0.25) is 4.79 Å². The zero-order valence-electron chi connectivity index (χ0n) is 15.0. The minimum Gasteiger partial charge on any atom is -0.493 e. The Morgan fingerprint density at radius 3 is 2.44 bits per heavy atom. The van der Waals surface area contributed by atoms with E-state index < -0.39 is 0 Å². The van der Waals surface area contributed by atoms with E-state index in [9.17, 15) is 4.79 Å². The first-order valence-corrected chi connectivity index (χ1v) is 8.82. The van der Waals surface area contributed by atoms with Gasteiger partial charge in [0.05, 0.1) is 26.9 Å². The summed E-state index contributed by atoms with van der Waals surface area (Å²) in [6, 6.07) is 7.20. The number of benzene rings is 1. The quantitative estimate of drug-likeness (QED) is 0.706. The maximum Gasteiger partial charge on any atom is 0.256 e. The highest BCUT2D eigenvalue weighted by Gasteiger charge is 2.21. The van der Waals surface area contributed by atoms with Crippen molar-refractivity contribution in [2.24, 2.45) is 0 Å². The normalized spacial score (nSPS) is 10.3. The molecule has 6 nitrogen and oxygen atoms in total. The minimum atomic E-state index is -0.103. The van der Waals surface area contributed by atoms with E-state index >= 15 is 0 Å². The largest absolute Gasteiger partial charge is 0.493 e. The summed E-state index contributed by atoms with van der Waals surface area (Å²) in [7, 11) is 6.43. The Hall–Kier alpha value is -2.41. The van der Waals surface area contributed by atoms with Gasteiger partial charge in [-0.2, -0.15) is 0 Å². The number of ether oxygens (including phenoxy) is 3. The van der Waals surface area contributed by atoms with E-state index in [0.29, 0.717) is 34.4 Å². The second-order valence-electron chi connectivity index (χ2n) is 5.21. The van der Waals surface area contributed by atoms with E-state index in [-0.39, 0.29) is 5.91 Å². The number of hydrogen-bond acceptors (Lipinski definition) is 6. The number of rotatable bonds is 7. The van der Waals surface area contributed by atoms with E-state index in [4.69, 9.17) is 14.2 Å². The molecule has 1 aromatic heterocycles. The average Bonchev–Trinajstić information content (AvgIpc) is 2.66. The van der Waals surface area contributed by atoms with Crippen LogP contribution >= 0.6 is 11.8 Å². The van der Waals surface area contributed by atoms with Crippen molar-refractivity contribution < 1.29 is 19.0 Å². The van der Waals surface area contributed by atoms with E-state index in [1.807, 2.05) is 12.3 Å². The lowest BCUT2D eigenvalue weighted by Crippen LogP contribution is -2.27. The van der Waals surface area contributed by atoms with Gasteiger partial charge in [0.25, 0.3) is 5.91 Å². The predicted octanol–water partition coefficient (Wildman–Crippen LogP) is 3.10. The van der Waals surface area contributed by atoms with Crippen molar-refractivity contribution in [2.75, 3.05) is 34.6 Å². The third-order valence-electron chi connectivity index (χ3n) is 3.73. The van der Waals surface area contributed by atoms with Gasteiger partial charge in [-0.1, -0.05) is 0 Å². The Balaban J connectivity index is 2.31. The lowest BCUT2D eigenvalue weighted by Gasteiger charge is -2.21. The molecule has 0 aliphatic carbocycles. The van der Waals surface area contributed by atoms with E-state index in [2.05, 4.69) is 4.98 Å². The van der Waals surface area contributed by atoms with Crippen molar-refractivity contribution in [3.63, 3.8) is 0 Å². The molecule has 0 bridgehead atoms. The Morgan fingerprint density at radius 2 is 1.84 bits per heavy atom. The molecule has 25 heavy (non-hydrogen) atoms. The van der Waals surface area contributed by atoms with Crippen molar-refractivity contribution in [2.45, 2.75) is 11.6 Å². The van der Waals surface area contributed by atoms with Crippen LogP contribution < -0.4 is 14.2 Å². The Labute approximate surface area is 152 Å². The van der Waals surface area contributed by atoms with Crippen LogP contribution in [-0.4, -0.2) is 50.4 Å². The van der Waals surface area contributed by atoms with E-state index in [1.165, 1.54) is 11.8 Å². The van der Waals surface area contributed by atoms with Crippen molar-refractivity contribution in [3.05, 3.63) is 41.6 Å². The standard InChI is InChI=1S/C18H22N2O4S/c1-20(18(21)13-7-6-10-19-17(13)25-5)11-12-8-9-14(22-2)16(24-4)15(12)23-3/h6-10H,11H2,1-5H3. The van der Waals surface area contributed by atoms with Crippen molar-refractivity contribution in [1.29, 1.82) is 0 Å². The second kappa shape index (κ2) is 8.62. The first-order chi connectivity index (χ1) is 12.1. The highest BCUT2D eigenvalue weighted by Crippen LogP contribution is 2.40. The molecule has 2 rings (SSSR count). The topological polar surface area (TPSA) is 60.9 Å². The van der Waals surface area contributed by atoms with Crippen LogP contribution in [0.15, 0.2) is 35.5 Å². The van der Waals surface area contributed by atoms with Gasteiger partial charge in [-0.25, -0.2) is 4.98 Å². The molecular weight excluding hydrogens is 340 g/mol. The number of nitrogens with zero attached hydrogens (tertiary/aromatic N) is 2. The SMILES string of the molecule is COc1ccc(CN(C)C(=O)c2cccnc2SC)c(OC)c1OC. The summed E-state index contributed by atoms with van der Waals surface area (Å²) in [6.07, 6.45) is 3.58. The van der Waals surface area contributed by atoms with Gasteiger partial charge >= 0.3 is 0 Å². The summed E-state index contributed by atoms with van der Waals surface area (Å²) >= 11 is 1.45. The first kappa shape index (κ1) is 18.9. The van der Waals surface area contributed by atoms with Crippen LogP contribution in [0.25, 0.3) is 0 Å². The van der Waals surface area contributed by atoms with Gasteiger partial charge in [0.1, 0.15) is 5.03 Å². The maximum absolute atomic E-state index is 12.8. The van der Waals surface area contributed by atoms with Crippen molar-refractivity contribution in [1.82, 2.24) is 9.88 Å². The molecule has 1 aromatic carbocycles. The maximum atomic E-state index is 12.8. The molecule has 134 valence electrons. The Bertz CT molecular complexity index is 752. The van der Waals surface area contributed by atoms with Gasteiger partial charge in [0, 0.05) is 25.4 Å². The van der Waals surface area contributed by atoms with Gasteiger partial charge in [0.15, 0.2) is 11.5 Å². The molecule has 0 N–H and O–H groups in total. The Morgan fingerprint density at radius 1 is 1.12 bits per heavy atom. The molecule has 0 aliphatic rings. The number of amides is 1. The fourth-order valence-corrected chi connectivity index (χ4v) is 3.08. The summed E-state index contributed by atoms with van der Waals surface area (Å²) in [5.74, 6) is 1.54. The number of methoxy groups -OCH3 is 3. The van der Waals surface area contributed by atoms with Gasteiger partial charge < -0.3 is 19.1 Å². The van der Waals surface area contributed by atoms with Gasteiger partial charge in [0.2, 0.25) is 5.75 Å². The summed E-state index contributed by atoms with van der Waals surface area (Å²) in [5, 5.41) is 0.707. The van der Waals surface area contributed by atoms with Crippen LogP contribution in [0.5, 0.6) is 17.2 Å². The monoisotopic (exact) mass is 362 g/mol. The molecule has 0 fully saturated rings. The molecular formula is C18H22N2O4S. The molecule has 0 saturated heterocycles. The van der Waals surface area contributed by atoms with Gasteiger partial charge in [-0.15, -0.1) is 11.8 Å². The number of thioether (sulfide) groups is 1. The zero-order valence-corrected chi connectivity index (χ0v) is 15.8. The lowest BCUT2D eigenvalue weighted by atomic mass is 10.1. The smallest absolute Gasteiger partial charge is 0.256 e. The molecule has 7 heteroatoms. The minimum absolute atomic E-state index is 0.103. The van der Waals surface area contributed by atoms with Crippen LogP contribution in [0.3, 0.4) is 0 Å². The molecule has 0 spiro atoms. The van der Waals surface area contributed by atoms with Crippen LogP contribution in [-0.2, 0) is 6.54 Å². The highest BCUT2D eigenvalue weighted by atomic mass is 32.2. The lowest BCUT2D eigenvalue weighted by molar-refractivity contribution is 0.0779. The Kier molecular flexibility index (Phi) is 6.52. The third-order valence-corrected chi connectivity index (χ3v) is 4.45. The molecule has 0 radical (unpaired) electrons. The first-order valence-electron chi connectivity index (χ1n) is 7.59. The summed E-state index contributed by atoms with van der Waals surface area (Å²) < 4.78 is 16.2. The average molecular weight is 362 g/mol. The number of carbonyl (C=O) groups is 1. The van der Waals surface area contributed by atoms with E-state index in [0.717, 1.165) is 5.56 Å². The number of hydrogen-bond donors (Lipinski definition) is 0. The van der Waals surface area contributed by atoms with Crippen LogP contribution in [0.2, 0.25) is 0 Å². The number of pyridine rings is 1. The fraction of sp³-hybridized carbons (Fsp3) is 0.333. The molecule has 0 aliphatic heterocycles. The van der Waals surface area contributed by atoms with Crippen molar-refractivity contribution >= 4 is 17.7 Å². The third kappa shape index (κ3) is 3.99. The van der Waals surface area contributed by atoms with Crippen LogP contribution in [0.1, 0.15) is 15.9 Å². The fourth-order valence-electron chi connectivity index (χ4n) is 2.54. The molecule has 1 heterocycles. The van der Waals surface area contributed by atoms with E-state index in [1.54, 1.807) is 57.7 Å².